The van der Waals surface area contributed by atoms with E-state index in [-0.39, 0.29) is 18.4 Å². The third kappa shape index (κ3) is 4.95. The van der Waals surface area contributed by atoms with Crippen LogP contribution < -0.4 is 10.5 Å². The predicted octanol–water partition coefficient (Wildman–Crippen LogP) is 2.60. The van der Waals surface area contributed by atoms with Crippen molar-refractivity contribution >= 4 is 22.4 Å². The number of nitrogens with two attached hydrogens (primary N) is 1. The molecular formula is C15H25ClN2O2S. The molecule has 1 atom stereocenters. The molecule has 1 unspecified atom stereocenters. The fourth-order valence-corrected chi connectivity index (χ4v) is 4.35. The number of sulfonamides is 1. The van der Waals surface area contributed by atoms with Gasteiger partial charge in [0.1, 0.15) is 0 Å². The van der Waals surface area contributed by atoms with E-state index in [1.165, 1.54) is 19.3 Å². The minimum absolute atomic E-state index is 0. The Labute approximate surface area is 134 Å². The highest BCUT2D eigenvalue weighted by Gasteiger charge is 2.27. The van der Waals surface area contributed by atoms with Gasteiger partial charge in [0.05, 0.1) is 4.90 Å². The fourth-order valence-electron chi connectivity index (χ4n) is 2.92. The Hall–Kier alpha value is -0.620. The van der Waals surface area contributed by atoms with Gasteiger partial charge in [-0.15, -0.1) is 12.4 Å². The first-order chi connectivity index (χ1) is 9.53. The van der Waals surface area contributed by atoms with Crippen LogP contribution in [0.1, 0.15) is 37.7 Å². The van der Waals surface area contributed by atoms with E-state index in [9.17, 15) is 8.42 Å². The van der Waals surface area contributed by atoms with Crippen LogP contribution in [-0.2, 0) is 10.0 Å². The number of rotatable bonds is 5. The van der Waals surface area contributed by atoms with Crippen molar-refractivity contribution in [2.75, 3.05) is 6.54 Å². The smallest absolute Gasteiger partial charge is 0.240 e. The van der Waals surface area contributed by atoms with E-state index in [2.05, 4.69) is 4.72 Å². The highest BCUT2D eigenvalue weighted by Crippen LogP contribution is 2.27. The van der Waals surface area contributed by atoms with E-state index < -0.39 is 10.0 Å². The number of nitrogens with one attached hydrogen (secondary N) is 1. The molecule has 0 radical (unpaired) electrons. The number of benzene rings is 1. The lowest BCUT2D eigenvalue weighted by atomic mass is 9.84. The summed E-state index contributed by atoms with van der Waals surface area (Å²) >= 11 is 0. The Morgan fingerprint density at radius 2 is 1.95 bits per heavy atom. The Balaban J connectivity index is 0.00000220. The Morgan fingerprint density at radius 3 is 2.52 bits per heavy atom. The summed E-state index contributed by atoms with van der Waals surface area (Å²) in [4.78, 5) is 0.326. The second-order valence-corrected chi connectivity index (χ2v) is 7.39. The molecule has 4 nitrogen and oxygen atoms in total. The first-order valence-corrected chi connectivity index (χ1v) is 8.80. The third-order valence-electron chi connectivity index (χ3n) is 4.08. The van der Waals surface area contributed by atoms with Gasteiger partial charge in [0.25, 0.3) is 0 Å². The van der Waals surface area contributed by atoms with E-state index in [0.29, 0.717) is 17.4 Å². The van der Waals surface area contributed by atoms with Gasteiger partial charge in [-0.1, -0.05) is 31.4 Å². The molecule has 0 heterocycles. The Morgan fingerprint density at radius 1 is 1.29 bits per heavy atom. The van der Waals surface area contributed by atoms with Crippen LogP contribution in [0.15, 0.2) is 29.2 Å². The summed E-state index contributed by atoms with van der Waals surface area (Å²) in [6.07, 6.45) is 5.73. The summed E-state index contributed by atoms with van der Waals surface area (Å²) in [5.74, 6) is 0.369. The zero-order valence-electron chi connectivity index (χ0n) is 12.4. The largest absolute Gasteiger partial charge is 0.329 e. The maximum absolute atomic E-state index is 12.4. The molecule has 21 heavy (non-hydrogen) atoms. The molecule has 0 saturated heterocycles. The lowest BCUT2D eigenvalue weighted by Gasteiger charge is -2.29. The van der Waals surface area contributed by atoms with Crippen molar-refractivity contribution in [3.05, 3.63) is 29.8 Å². The van der Waals surface area contributed by atoms with Gasteiger partial charge in [0, 0.05) is 12.6 Å². The zero-order valence-corrected chi connectivity index (χ0v) is 14.1. The van der Waals surface area contributed by atoms with Crippen LogP contribution in [-0.4, -0.2) is 21.0 Å². The summed E-state index contributed by atoms with van der Waals surface area (Å²) in [7, 11) is -3.47. The molecule has 1 fully saturated rings. The minimum atomic E-state index is -3.47. The lowest BCUT2D eigenvalue weighted by molar-refractivity contribution is 0.294. The summed E-state index contributed by atoms with van der Waals surface area (Å²) in [6.45, 7) is 2.25. The standard InChI is InChI=1S/C15H24N2O2S.ClH/c1-12-6-5-9-14(10-12)20(18,19)17-15(11-16)13-7-3-2-4-8-13;/h5-6,9-10,13,15,17H,2-4,7-8,11,16H2,1H3;1H. The number of hydrogen-bond donors (Lipinski definition) is 2. The fraction of sp³-hybridized carbons (Fsp3) is 0.600. The van der Waals surface area contributed by atoms with Crippen LogP contribution in [0.2, 0.25) is 0 Å². The highest BCUT2D eigenvalue weighted by molar-refractivity contribution is 7.89. The summed E-state index contributed by atoms with van der Waals surface area (Å²) in [5, 5.41) is 0. The van der Waals surface area contributed by atoms with Crippen LogP contribution >= 0.6 is 12.4 Å². The van der Waals surface area contributed by atoms with E-state index in [1.807, 2.05) is 13.0 Å². The molecule has 2 rings (SSSR count). The summed E-state index contributed by atoms with van der Waals surface area (Å²) < 4.78 is 27.7. The molecule has 120 valence electrons. The average molecular weight is 333 g/mol. The van der Waals surface area contributed by atoms with Gasteiger partial charge in [-0.25, -0.2) is 13.1 Å². The van der Waals surface area contributed by atoms with Crippen LogP contribution in [0, 0.1) is 12.8 Å². The number of halogens is 1. The van der Waals surface area contributed by atoms with Crippen molar-refractivity contribution in [1.82, 2.24) is 4.72 Å². The summed E-state index contributed by atoms with van der Waals surface area (Å²) in [6, 6.07) is 6.82. The molecule has 1 saturated carbocycles. The van der Waals surface area contributed by atoms with Gasteiger partial charge in [0.15, 0.2) is 0 Å². The second-order valence-electron chi connectivity index (χ2n) is 5.68. The van der Waals surface area contributed by atoms with Gasteiger partial charge in [-0.2, -0.15) is 0 Å². The maximum Gasteiger partial charge on any atom is 0.240 e. The van der Waals surface area contributed by atoms with Gasteiger partial charge < -0.3 is 5.73 Å². The van der Waals surface area contributed by atoms with E-state index in [0.717, 1.165) is 18.4 Å². The molecular weight excluding hydrogens is 308 g/mol. The van der Waals surface area contributed by atoms with Crippen LogP contribution in [0.3, 0.4) is 0 Å². The van der Waals surface area contributed by atoms with Gasteiger partial charge in [-0.05, 0) is 43.4 Å². The SMILES string of the molecule is Cc1cccc(S(=O)(=O)NC(CN)C2CCCCC2)c1.Cl. The molecule has 3 N–H and O–H groups in total. The first-order valence-electron chi connectivity index (χ1n) is 7.32. The third-order valence-corrected chi connectivity index (χ3v) is 5.57. The van der Waals surface area contributed by atoms with Crippen LogP contribution in [0.4, 0.5) is 0 Å². The van der Waals surface area contributed by atoms with Crippen molar-refractivity contribution in [2.24, 2.45) is 11.7 Å². The van der Waals surface area contributed by atoms with Crippen molar-refractivity contribution in [3.8, 4) is 0 Å². The highest BCUT2D eigenvalue weighted by atomic mass is 35.5. The molecule has 0 spiro atoms. The molecule has 1 aromatic carbocycles. The van der Waals surface area contributed by atoms with Gasteiger partial charge in [0.2, 0.25) is 10.0 Å². The molecule has 0 aliphatic heterocycles. The minimum Gasteiger partial charge on any atom is -0.329 e. The average Bonchev–Trinajstić information content (AvgIpc) is 2.46. The Bertz CT molecular complexity index is 542. The lowest BCUT2D eigenvalue weighted by Crippen LogP contribution is -2.45. The molecule has 0 aromatic heterocycles. The van der Waals surface area contributed by atoms with E-state index in [1.54, 1.807) is 18.2 Å². The molecule has 1 aromatic rings. The molecule has 6 heteroatoms. The Kier molecular flexibility index (Phi) is 7.13. The van der Waals surface area contributed by atoms with Crippen LogP contribution in [0.5, 0.6) is 0 Å². The maximum atomic E-state index is 12.4. The van der Waals surface area contributed by atoms with Crippen molar-refractivity contribution < 1.29 is 8.42 Å². The van der Waals surface area contributed by atoms with E-state index in [4.69, 9.17) is 5.73 Å². The number of aryl methyl sites for hydroxylation is 1. The normalized spacial score (nSPS) is 18.0. The molecule has 1 aliphatic rings. The van der Waals surface area contributed by atoms with Crippen LogP contribution in [0.25, 0.3) is 0 Å². The quantitative estimate of drug-likeness (QED) is 0.870. The van der Waals surface area contributed by atoms with Crippen molar-refractivity contribution in [1.29, 1.82) is 0 Å². The van der Waals surface area contributed by atoms with Crippen molar-refractivity contribution in [3.63, 3.8) is 0 Å². The molecule has 1 aliphatic carbocycles. The number of hydrogen-bond acceptors (Lipinski definition) is 3. The molecule has 0 bridgehead atoms. The van der Waals surface area contributed by atoms with E-state index >= 15 is 0 Å². The summed E-state index contributed by atoms with van der Waals surface area (Å²) in [5.41, 5.74) is 6.73. The molecule has 0 amide bonds. The van der Waals surface area contributed by atoms with Gasteiger partial charge in [-0.3, -0.25) is 0 Å². The topological polar surface area (TPSA) is 72.2 Å². The first kappa shape index (κ1) is 18.4. The second kappa shape index (κ2) is 8.13. The predicted molar refractivity (Wildman–Crippen MR) is 88.2 cm³/mol. The van der Waals surface area contributed by atoms with Gasteiger partial charge >= 0.3 is 0 Å². The monoisotopic (exact) mass is 332 g/mol. The van der Waals surface area contributed by atoms with Crippen molar-refractivity contribution in [2.45, 2.75) is 50.0 Å². The zero-order chi connectivity index (χ0) is 14.6.